The average Bonchev–Trinajstić information content (AvgIpc) is 2.68. The van der Waals surface area contributed by atoms with Gasteiger partial charge in [-0.05, 0) is 69.2 Å². The van der Waals surface area contributed by atoms with Crippen LogP contribution in [-0.4, -0.2) is 43.6 Å². The lowest BCUT2D eigenvalue weighted by Crippen LogP contribution is -2.47. The highest BCUT2D eigenvalue weighted by atomic mass is 35.5. The number of nitrogens with one attached hydrogen (secondary N) is 2. The lowest BCUT2D eigenvalue weighted by Gasteiger charge is -2.25. The minimum Gasteiger partial charge on any atom is -0.481 e. The van der Waals surface area contributed by atoms with Crippen LogP contribution in [0.15, 0.2) is 53.4 Å². The Bertz CT molecular complexity index is 1040. The molecule has 1 amide bonds. The fourth-order valence-electron chi connectivity index (χ4n) is 2.87. The number of hydrogen-bond donors (Lipinski definition) is 3. The maximum Gasteiger partial charge on any atom is 0.305 e. The molecule has 2 rings (SSSR count). The van der Waals surface area contributed by atoms with E-state index in [1.54, 1.807) is 45.0 Å². The largest absolute Gasteiger partial charge is 0.481 e. The summed E-state index contributed by atoms with van der Waals surface area (Å²) in [5.74, 6) is -0.959. The molecule has 1 atom stereocenters. The number of ether oxygens (including phenoxy) is 1. The van der Waals surface area contributed by atoms with E-state index in [0.717, 1.165) is 5.56 Å². The number of benzene rings is 2. The van der Waals surface area contributed by atoms with Crippen LogP contribution in [0.25, 0.3) is 0 Å². The number of carbonyl (C=O) groups is 2. The van der Waals surface area contributed by atoms with Crippen molar-refractivity contribution in [2.24, 2.45) is 0 Å². The van der Waals surface area contributed by atoms with Crippen LogP contribution in [-0.2, 0) is 26.0 Å². The minimum absolute atomic E-state index is 0.0176. The Morgan fingerprint density at radius 3 is 2.25 bits per heavy atom. The first-order chi connectivity index (χ1) is 14.9. The summed E-state index contributed by atoms with van der Waals surface area (Å²) < 4.78 is 33.4. The number of halogens is 1. The van der Waals surface area contributed by atoms with Gasteiger partial charge in [0.25, 0.3) is 5.91 Å². The third kappa shape index (κ3) is 7.81. The maximum atomic E-state index is 12.5. The molecule has 0 aliphatic heterocycles. The number of hydrogen-bond acceptors (Lipinski definition) is 5. The Morgan fingerprint density at radius 1 is 1.09 bits per heavy atom. The van der Waals surface area contributed by atoms with E-state index >= 15 is 0 Å². The molecule has 0 fully saturated rings. The summed E-state index contributed by atoms with van der Waals surface area (Å²) in [7, 11) is -3.67. The molecule has 2 aromatic carbocycles. The minimum atomic E-state index is -3.67. The van der Waals surface area contributed by atoms with Gasteiger partial charge in [0.2, 0.25) is 10.0 Å². The third-order valence-corrected chi connectivity index (χ3v) is 6.35. The molecule has 10 heteroatoms. The van der Waals surface area contributed by atoms with Crippen LogP contribution in [0.5, 0.6) is 5.75 Å². The standard InChI is InChI=1S/C22H27ClN2O6S/c1-15(25-32(29,30)19-10-6-17(23)7-11-19)14-16-4-8-18(9-5-16)31-22(2,3)21(28)24-13-12-20(26)27/h4-11,15,25H,12-14H2,1-3H3,(H,24,28)(H,26,27)/t15-/m1/s1. The maximum absolute atomic E-state index is 12.5. The topological polar surface area (TPSA) is 122 Å². The van der Waals surface area contributed by atoms with Crippen molar-refractivity contribution >= 4 is 33.5 Å². The van der Waals surface area contributed by atoms with Crippen LogP contribution < -0.4 is 14.8 Å². The van der Waals surface area contributed by atoms with Crippen molar-refractivity contribution in [3.8, 4) is 5.75 Å². The van der Waals surface area contributed by atoms with E-state index in [9.17, 15) is 18.0 Å². The monoisotopic (exact) mass is 482 g/mol. The van der Waals surface area contributed by atoms with Crippen LogP contribution in [0.4, 0.5) is 0 Å². The highest BCUT2D eigenvalue weighted by molar-refractivity contribution is 7.89. The SMILES string of the molecule is C[C@H](Cc1ccc(OC(C)(C)C(=O)NCCC(=O)O)cc1)NS(=O)(=O)c1ccc(Cl)cc1. The van der Waals surface area contributed by atoms with Crippen LogP contribution in [0, 0.1) is 0 Å². The van der Waals surface area contributed by atoms with Crippen molar-refractivity contribution in [3.63, 3.8) is 0 Å². The molecule has 8 nitrogen and oxygen atoms in total. The molecule has 0 saturated heterocycles. The number of carbonyl (C=O) groups excluding carboxylic acids is 1. The molecule has 174 valence electrons. The predicted octanol–water partition coefficient (Wildman–Crippen LogP) is 3.00. The zero-order valence-corrected chi connectivity index (χ0v) is 19.7. The molecule has 0 aromatic heterocycles. The first-order valence-electron chi connectivity index (χ1n) is 9.95. The zero-order chi connectivity index (χ0) is 23.9. The first-order valence-corrected chi connectivity index (χ1v) is 11.8. The quantitative estimate of drug-likeness (QED) is 0.452. The second-order valence-electron chi connectivity index (χ2n) is 7.84. The molecule has 0 spiro atoms. The molecule has 32 heavy (non-hydrogen) atoms. The van der Waals surface area contributed by atoms with Gasteiger partial charge in [0.1, 0.15) is 5.75 Å². The van der Waals surface area contributed by atoms with E-state index in [2.05, 4.69) is 10.0 Å². The Morgan fingerprint density at radius 2 is 1.69 bits per heavy atom. The summed E-state index contributed by atoms with van der Waals surface area (Å²) >= 11 is 5.81. The fourth-order valence-corrected chi connectivity index (χ4v) is 4.24. The van der Waals surface area contributed by atoms with E-state index in [4.69, 9.17) is 21.4 Å². The van der Waals surface area contributed by atoms with Gasteiger partial charge < -0.3 is 15.2 Å². The summed E-state index contributed by atoms with van der Waals surface area (Å²) in [5, 5.41) is 11.6. The number of carboxylic acids is 1. The van der Waals surface area contributed by atoms with Gasteiger partial charge in [-0.25, -0.2) is 13.1 Å². The second-order valence-corrected chi connectivity index (χ2v) is 9.99. The van der Waals surface area contributed by atoms with E-state index in [-0.39, 0.29) is 23.9 Å². The summed E-state index contributed by atoms with van der Waals surface area (Å²) in [6.07, 6.45) is 0.280. The Balaban J connectivity index is 1.93. The molecule has 0 aliphatic carbocycles. The smallest absolute Gasteiger partial charge is 0.305 e. The van der Waals surface area contributed by atoms with Gasteiger partial charge >= 0.3 is 5.97 Å². The number of rotatable bonds is 11. The van der Waals surface area contributed by atoms with Crippen LogP contribution in [0.2, 0.25) is 5.02 Å². The molecule has 0 heterocycles. The second kappa shape index (κ2) is 10.8. The number of amides is 1. The van der Waals surface area contributed by atoms with E-state index in [0.29, 0.717) is 17.2 Å². The van der Waals surface area contributed by atoms with Crippen molar-refractivity contribution in [2.45, 2.75) is 50.2 Å². The predicted molar refractivity (Wildman–Crippen MR) is 121 cm³/mol. The highest BCUT2D eigenvalue weighted by Gasteiger charge is 2.29. The zero-order valence-electron chi connectivity index (χ0n) is 18.1. The van der Waals surface area contributed by atoms with Crippen molar-refractivity contribution in [1.29, 1.82) is 0 Å². The lowest BCUT2D eigenvalue weighted by atomic mass is 10.1. The van der Waals surface area contributed by atoms with Gasteiger partial charge in [0.15, 0.2) is 5.60 Å². The number of sulfonamides is 1. The number of aliphatic carboxylic acids is 1. The van der Waals surface area contributed by atoms with Gasteiger partial charge in [0, 0.05) is 17.6 Å². The Labute approximate surface area is 193 Å². The molecule has 0 aliphatic rings. The van der Waals surface area contributed by atoms with E-state index < -0.39 is 27.5 Å². The molecule has 0 saturated carbocycles. The van der Waals surface area contributed by atoms with Gasteiger partial charge in [-0.2, -0.15) is 0 Å². The average molecular weight is 483 g/mol. The molecule has 0 bridgehead atoms. The first kappa shape index (κ1) is 25.6. The highest BCUT2D eigenvalue weighted by Crippen LogP contribution is 2.20. The lowest BCUT2D eigenvalue weighted by molar-refractivity contribution is -0.137. The Hall–Kier alpha value is -2.62. The molecular weight excluding hydrogens is 456 g/mol. The summed E-state index contributed by atoms with van der Waals surface area (Å²) in [6, 6.07) is 12.6. The van der Waals surface area contributed by atoms with Crippen LogP contribution in [0.1, 0.15) is 32.8 Å². The summed E-state index contributed by atoms with van der Waals surface area (Å²) in [5.41, 5.74) is -0.311. The van der Waals surface area contributed by atoms with Crippen LogP contribution >= 0.6 is 11.6 Å². The molecule has 0 radical (unpaired) electrons. The third-order valence-electron chi connectivity index (χ3n) is 4.49. The van der Waals surface area contributed by atoms with E-state index in [1.807, 2.05) is 0 Å². The van der Waals surface area contributed by atoms with Crippen molar-refractivity contribution in [1.82, 2.24) is 10.0 Å². The summed E-state index contributed by atoms with van der Waals surface area (Å²) in [4.78, 5) is 22.9. The molecular formula is C22H27ClN2O6S. The van der Waals surface area contributed by atoms with Crippen molar-refractivity contribution < 1.29 is 27.9 Å². The van der Waals surface area contributed by atoms with Gasteiger partial charge in [-0.15, -0.1) is 0 Å². The van der Waals surface area contributed by atoms with Gasteiger partial charge in [-0.3, -0.25) is 9.59 Å². The molecule has 2 aromatic rings. The van der Waals surface area contributed by atoms with Crippen LogP contribution in [0.3, 0.4) is 0 Å². The Kier molecular flexibility index (Phi) is 8.65. The van der Waals surface area contributed by atoms with Crippen molar-refractivity contribution in [3.05, 3.63) is 59.1 Å². The molecule has 0 unspecified atom stereocenters. The number of carboxylic acid groups (broad SMARTS) is 1. The normalized spacial score (nSPS) is 12.8. The van der Waals surface area contributed by atoms with Crippen molar-refractivity contribution in [2.75, 3.05) is 6.54 Å². The van der Waals surface area contributed by atoms with Gasteiger partial charge in [0.05, 0.1) is 11.3 Å². The van der Waals surface area contributed by atoms with E-state index in [1.165, 1.54) is 24.3 Å². The van der Waals surface area contributed by atoms with Gasteiger partial charge in [-0.1, -0.05) is 23.7 Å². The molecule has 3 N–H and O–H groups in total. The fraction of sp³-hybridized carbons (Fsp3) is 0.364. The summed E-state index contributed by atoms with van der Waals surface area (Å²) in [6.45, 7) is 4.96.